The van der Waals surface area contributed by atoms with Gasteiger partial charge in [0.1, 0.15) is 10.8 Å². The number of nitrogens with zero attached hydrogens (tertiary/aromatic N) is 3. The van der Waals surface area contributed by atoms with Gasteiger partial charge in [-0.25, -0.2) is 0 Å². The predicted octanol–water partition coefficient (Wildman–Crippen LogP) is 2.73. The number of aromatic amines is 1. The number of rotatable bonds is 5. The van der Waals surface area contributed by atoms with Crippen molar-refractivity contribution >= 4 is 22.4 Å². The quantitative estimate of drug-likeness (QED) is 0.743. The largest absolute Gasteiger partial charge is 0.497 e. The molecular weight excluding hydrogens is 326 g/mol. The van der Waals surface area contributed by atoms with Crippen LogP contribution in [0.3, 0.4) is 0 Å². The number of hydrogen-bond donors (Lipinski definition) is 2. The number of anilines is 1. The van der Waals surface area contributed by atoms with Gasteiger partial charge in [0.15, 0.2) is 0 Å². The van der Waals surface area contributed by atoms with E-state index in [9.17, 15) is 4.79 Å². The van der Waals surface area contributed by atoms with E-state index in [0.29, 0.717) is 5.13 Å². The molecule has 24 heavy (non-hydrogen) atoms. The number of nitrogens with one attached hydrogen (secondary N) is 2. The molecule has 0 atom stereocenters. The van der Waals surface area contributed by atoms with Crippen molar-refractivity contribution in [2.24, 2.45) is 0 Å². The standard InChI is InChI=1S/C16H17N5O2S/c1-9-13(8-14(22)17-16-21-19-10(2)24-16)15(20-18-9)11-4-6-12(23-3)7-5-11/h4-7H,8H2,1-3H3,(H,18,20)(H,17,21,22). The molecule has 0 aliphatic rings. The average molecular weight is 343 g/mol. The van der Waals surface area contributed by atoms with Gasteiger partial charge >= 0.3 is 0 Å². The average Bonchev–Trinajstić information content (AvgIpc) is 3.14. The van der Waals surface area contributed by atoms with Gasteiger partial charge in [0.2, 0.25) is 11.0 Å². The van der Waals surface area contributed by atoms with Crippen molar-refractivity contribution in [3.8, 4) is 17.0 Å². The molecule has 0 aliphatic carbocycles. The van der Waals surface area contributed by atoms with E-state index in [1.54, 1.807) is 7.11 Å². The fraction of sp³-hybridized carbons (Fsp3) is 0.250. The normalized spacial score (nSPS) is 10.6. The lowest BCUT2D eigenvalue weighted by Crippen LogP contribution is -2.15. The lowest BCUT2D eigenvalue weighted by molar-refractivity contribution is -0.115. The predicted molar refractivity (Wildman–Crippen MR) is 92.3 cm³/mol. The molecule has 0 saturated carbocycles. The highest BCUT2D eigenvalue weighted by molar-refractivity contribution is 7.15. The summed E-state index contributed by atoms with van der Waals surface area (Å²) in [5.74, 6) is 0.627. The van der Waals surface area contributed by atoms with Crippen LogP contribution in [-0.4, -0.2) is 33.4 Å². The van der Waals surface area contributed by atoms with E-state index in [-0.39, 0.29) is 12.3 Å². The van der Waals surface area contributed by atoms with Gasteiger partial charge < -0.3 is 10.1 Å². The second-order valence-electron chi connectivity index (χ2n) is 5.26. The molecule has 2 heterocycles. The van der Waals surface area contributed by atoms with Crippen LogP contribution < -0.4 is 10.1 Å². The van der Waals surface area contributed by atoms with Gasteiger partial charge in [0.25, 0.3) is 0 Å². The van der Waals surface area contributed by atoms with Crippen molar-refractivity contribution in [2.45, 2.75) is 20.3 Å². The van der Waals surface area contributed by atoms with Crippen molar-refractivity contribution < 1.29 is 9.53 Å². The molecule has 3 aromatic rings. The summed E-state index contributed by atoms with van der Waals surface area (Å²) in [6.45, 7) is 3.74. The van der Waals surface area contributed by atoms with Crippen LogP contribution in [-0.2, 0) is 11.2 Å². The van der Waals surface area contributed by atoms with Crippen molar-refractivity contribution in [1.29, 1.82) is 0 Å². The Morgan fingerprint density at radius 2 is 2.00 bits per heavy atom. The van der Waals surface area contributed by atoms with Gasteiger partial charge in [0, 0.05) is 16.8 Å². The Morgan fingerprint density at radius 1 is 1.25 bits per heavy atom. The summed E-state index contributed by atoms with van der Waals surface area (Å²) in [5, 5.41) is 19.2. The highest BCUT2D eigenvalue weighted by atomic mass is 32.1. The van der Waals surface area contributed by atoms with Crippen LogP contribution in [0.5, 0.6) is 5.75 Å². The number of H-pyrrole nitrogens is 1. The zero-order valence-electron chi connectivity index (χ0n) is 13.6. The summed E-state index contributed by atoms with van der Waals surface area (Å²) in [7, 11) is 1.62. The first kappa shape index (κ1) is 16.1. The summed E-state index contributed by atoms with van der Waals surface area (Å²) >= 11 is 1.35. The molecule has 3 rings (SSSR count). The van der Waals surface area contributed by atoms with E-state index in [2.05, 4.69) is 25.7 Å². The Morgan fingerprint density at radius 3 is 2.62 bits per heavy atom. The molecule has 2 aromatic heterocycles. The second kappa shape index (κ2) is 6.79. The molecule has 124 valence electrons. The first-order valence-electron chi connectivity index (χ1n) is 7.35. The molecule has 0 unspecified atom stereocenters. The van der Waals surface area contributed by atoms with Crippen molar-refractivity contribution in [3.63, 3.8) is 0 Å². The fourth-order valence-corrected chi connectivity index (χ4v) is 2.94. The molecule has 2 N–H and O–H groups in total. The zero-order chi connectivity index (χ0) is 17.1. The minimum atomic E-state index is -0.148. The number of methoxy groups -OCH3 is 1. The lowest BCUT2D eigenvalue weighted by atomic mass is 10.0. The Labute approximate surface area is 143 Å². The van der Waals surface area contributed by atoms with Crippen molar-refractivity contribution in [2.75, 3.05) is 12.4 Å². The Hall–Kier alpha value is -2.74. The molecule has 0 radical (unpaired) electrons. The third-order valence-corrected chi connectivity index (χ3v) is 4.30. The van der Waals surface area contributed by atoms with Crippen molar-refractivity contribution in [3.05, 3.63) is 40.5 Å². The minimum Gasteiger partial charge on any atom is -0.497 e. The molecule has 0 spiro atoms. The second-order valence-corrected chi connectivity index (χ2v) is 6.44. The van der Waals surface area contributed by atoms with E-state index in [1.807, 2.05) is 38.1 Å². The molecule has 0 bridgehead atoms. The number of aromatic nitrogens is 4. The van der Waals surface area contributed by atoms with Gasteiger partial charge in [-0.3, -0.25) is 9.89 Å². The maximum absolute atomic E-state index is 12.3. The number of hydrogen-bond acceptors (Lipinski definition) is 6. The van der Waals surface area contributed by atoms with Gasteiger partial charge in [-0.15, -0.1) is 10.2 Å². The summed E-state index contributed by atoms with van der Waals surface area (Å²) in [4.78, 5) is 12.3. The van der Waals surface area contributed by atoms with Crippen LogP contribution >= 0.6 is 11.3 Å². The topological polar surface area (TPSA) is 92.8 Å². The monoisotopic (exact) mass is 343 g/mol. The molecule has 7 nitrogen and oxygen atoms in total. The van der Waals surface area contributed by atoms with E-state index >= 15 is 0 Å². The molecule has 1 amide bonds. The highest BCUT2D eigenvalue weighted by Gasteiger charge is 2.17. The molecular formula is C16H17N5O2S. The van der Waals surface area contributed by atoms with Gasteiger partial charge in [0.05, 0.1) is 19.2 Å². The van der Waals surface area contributed by atoms with Gasteiger partial charge in [-0.2, -0.15) is 5.10 Å². The Kier molecular flexibility index (Phi) is 4.57. The molecule has 0 saturated heterocycles. The van der Waals surface area contributed by atoms with E-state index in [1.165, 1.54) is 11.3 Å². The summed E-state index contributed by atoms with van der Waals surface area (Å²) in [5.41, 5.74) is 3.41. The smallest absolute Gasteiger partial charge is 0.230 e. The first-order chi connectivity index (χ1) is 11.6. The maximum atomic E-state index is 12.3. The summed E-state index contributed by atoms with van der Waals surface area (Å²) in [6.07, 6.45) is 0.211. The SMILES string of the molecule is COc1ccc(-c2n[nH]c(C)c2CC(=O)Nc2nnc(C)s2)cc1. The lowest BCUT2D eigenvalue weighted by Gasteiger charge is -2.05. The number of benzene rings is 1. The molecule has 0 fully saturated rings. The molecule has 0 aliphatic heterocycles. The van der Waals surface area contributed by atoms with Crippen LogP contribution in [0.1, 0.15) is 16.3 Å². The van der Waals surface area contributed by atoms with Crippen molar-refractivity contribution in [1.82, 2.24) is 20.4 Å². The van der Waals surface area contributed by atoms with Crippen LogP contribution in [0.4, 0.5) is 5.13 Å². The number of aryl methyl sites for hydroxylation is 2. The van der Waals surface area contributed by atoms with E-state index in [4.69, 9.17) is 4.74 Å². The number of carbonyl (C=O) groups is 1. The summed E-state index contributed by atoms with van der Waals surface area (Å²) in [6, 6.07) is 7.58. The van der Waals surface area contributed by atoms with Gasteiger partial charge in [-0.05, 0) is 38.1 Å². The van der Waals surface area contributed by atoms with Gasteiger partial charge in [-0.1, -0.05) is 11.3 Å². The van der Waals surface area contributed by atoms with E-state index < -0.39 is 0 Å². The Bertz CT molecular complexity index is 854. The zero-order valence-corrected chi connectivity index (χ0v) is 14.4. The third kappa shape index (κ3) is 3.43. The number of carbonyl (C=O) groups excluding carboxylic acids is 1. The fourth-order valence-electron chi connectivity index (χ4n) is 2.33. The van der Waals surface area contributed by atoms with Crippen LogP contribution in [0.25, 0.3) is 11.3 Å². The van der Waals surface area contributed by atoms with Crippen LogP contribution in [0, 0.1) is 13.8 Å². The molecule has 1 aromatic carbocycles. The number of amides is 1. The summed E-state index contributed by atoms with van der Waals surface area (Å²) < 4.78 is 5.17. The minimum absolute atomic E-state index is 0.148. The Balaban J connectivity index is 1.80. The van der Waals surface area contributed by atoms with Crippen LogP contribution in [0.15, 0.2) is 24.3 Å². The third-order valence-electron chi connectivity index (χ3n) is 3.55. The van der Waals surface area contributed by atoms with E-state index in [0.717, 1.165) is 33.3 Å². The number of ether oxygens (including phenoxy) is 1. The van der Waals surface area contributed by atoms with Crippen LogP contribution in [0.2, 0.25) is 0 Å². The maximum Gasteiger partial charge on any atom is 0.230 e. The highest BCUT2D eigenvalue weighted by Crippen LogP contribution is 2.26. The first-order valence-corrected chi connectivity index (χ1v) is 8.16. The molecule has 8 heteroatoms.